The molecule has 0 aliphatic carbocycles. The first-order valence-electron chi connectivity index (χ1n) is 32.0. The van der Waals surface area contributed by atoms with Crippen LogP contribution >= 0.6 is 0 Å². The fraction of sp³-hybridized carbons (Fsp3) is 0.676. The van der Waals surface area contributed by atoms with Gasteiger partial charge in [-0.05, 0) is 122 Å². The van der Waals surface area contributed by atoms with Crippen LogP contribution in [0.4, 0.5) is 0 Å². The lowest BCUT2D eigenvalue weighted by Gasteiger charge is -2.18. The second-order valence-corrected chi connectivity index (χ2v) is 20.9. The maximum Gasteiger partial charge on any atom is 0.306 e. The van der Waals surface area contributed by atoms with E-state index >= 15 is 0 Å². The van der Waals surface area contributed by atoms with E-state index in [1.807, 2.05) is 0 Å². The van der Waals surface area contributed by atoms with Gasteiger partial charge in [-0.25, -0.2) is 0 Å². The molecule has 0 aliphatic heterocycles. The number of rotatable bonds is 57. The molecule has 0 saturated carbocycles. The molecule has 0 aliphatic rings. The van der Waals surface area contributed by atoms with E-state index in [0.29, 0.717) is 19.3 Å². The standard InChI is InChI=1S/C71H118O6/c1-4-7-10-13-16-19-22-25-27-29-30-31-32-33-34-35-36-37-38-39-40-42-43-46-49-52-55-58-61-64-70(73)76-67-68(66-75-69(72)63-60-57-54-51-48-45-24-21-18-15-12-9-6-3)77-71(74)65-62-59-56-53-50-47-44-41-28-26-23-20-17-14-11-8-5-2/h8-9,11-12,17-18,20-22,25-26,28-30,44-45,47-48,53,56,68H,4-7,10,13-16,19,23-24,27,31-43,46,49-52,54-55,57-67H2,1-3H3/b11-8-,12-9-,20-17-,21-18-,25-22-,28-26-,30-29-,47-44-,48-45-,56-53-. The van der Waals surface area contributed by atoms with E-state index in [0.717, 1.165) is 109 Å². The molecule has 0 fully saturated rings. The second kappa shape index (κ2) is 64.3. The summed E-state index contributed by atoms with van der Waals surface area (Å²) in [4.78, 5) is 38.2. The Hall–Kier alpha value is -4.19. The van der Waals surface area contributed by atoms with Gasteiger partial charge in [0.25, 0.3) is 0 Å². The average molecular weight is 1070 g/mol. The lowest BCUT2D eigenvalue weighted by atomic mass is 10.0. The van der Waals surface area contributed by atoms with Crippen molar-refractivity contribution >= 4 is 17.9 Å². The summed E-state index contributed by atoms with van der Waals surface area (Å²) in [6, 6.07) is 0. The quantitative estimate of drug-likeness (QED) is 0.0261. The van der Waals surface area contributed by atoms with Crippen molar-refractivity contribution in [1.82, 2.24) is 0 Å². The van der Waals surface area contributed by atoms with Crippen molar-refractivity contribution in [2.24, 2.45) is 0 Å². The third kappa shape index (κ3) is 62.5. The van der Waals surface area contributed by atoms with Gasteiger partial charge in [0, 0.05) is 19.3 Å². The Kier molecular flexibility index (Phi) is 60.8. The third-order valence-electron chi connectivity index (χ3n) is 13.4. The summed E-state index contributed by atoms with van der Waals surface area (Å²) in [5.74, 6) is -0.998. The van der Waals surface area contributed by atoms with Crippen LogP contribution in [-0.4, -0.2) is 37.2 Å². The maximum absolute atomic E-state index is 12.9. The van der Waals surface area contributed by atoms with E-state index in [9.17, 15) is 14.4 Å². The molecule has 0 aromatic heterocycles. The van der Waals surface area contributed by atoms with Crippen LogP contribution in [-0.2, 0) is 28.6 Å². The number of hydrogen-bond donors (Lipinski definition) is 0. The van der Waals surface area contributed by atoms with Gasteiger partial charge in [0.1, 0.15) is 13.2 Å². The first kappa shape index (κ1) is 72.8. The minimum Gasteiger partial charge on any atom is -0.462 e. The Labute approximate surface area is 475 Å². The minimum absolute atomic E-state index is 0.111. The molecule has 0 rings (SSSR count). The normalized spacial score (nSPS) is 12.9. The van der Waals surface area contributed by atoms with Gasteiger partial charge in [-0.15, -0.1) is 0 Å². The Morgan fingerprint density at radius 2 is 0.519 bits per heavy atom. The second-order valence-electron chi connectivity index (χ2n) is 20.9. The first-order valence-corrected chi connectivity index (χ1v) is 32.0. The van der Waals surface area contributed by atoms with Crippen LogP contribution in [0.5, 0.6) is 0 Å². The number of esters is 3. The molecule has 6 heteroatoms. The van der Waals surface area contributed by atoms with Crippen LogP contribution in [0.2, 0.25) is 0 Å². The Morgan fingerprint density at radius 1 is 0.273 bits per heavy atom. The van der Waals surface area contributed by atoms with Gasteiger partial charge >= 0.3 is 17.9 Å². The average Bonchev–Trinajstić information content (AvgIpc) is 3.43. The monoisotopic (exact) mass is 1070 g/mol. The molecule has 0 saturated heterocycles. The van der Waals surface area contributed by atoms with Gasteiger partial charge in [-0.2, -0.15) is 0 Å². The predicted octanol–water partition coefficient (Wildman–Crippen LogP) is 22.0. The highest BCUT2D eigenvalue weighted by Gasteiger charge is 2.19. The smallest absolute Gasteiger partial charge is 0.306 e. The molecule has 0 N–H and O–H groups in total. The summed E-state index contributed by atoms with van der Waals surface area (Å²) in [5, 5.41) is 0. The molecule has 0 radical (unpaired) electrons. The Bertz CT molecular complexity index is 1600. The summed E-state index contributed by atoms with van der Waals surface area (Å²) in [5.41, 5.74) is 0. The van der Waals surface area contributed by atoms with Crippen molar-refractivity contribution < 1.29 is 28.6 Å². The lowest BCUT2D eigenvalue weighted by Crippen LogP contribution is -2.30. The molecule has 0 spiro atoms. The van der Waals surface area contributed by atoms with Gasteiger partial charge in [-0.1, -0.05) is 271 Å². The molecule has 438 valence electrons. The highest BCUT2D eigenvalue weighted by molar-refractivity contribution is 5.71. The molecule has 0 amide bonds. The third-order valence-corrected chi connectivity index (χ3v) is 13.4. The van der Waals surface area contributed by atoms with Gasteiger partial charge in [0.05, 0.1) is 0 Å². The highest BCUT2D eigenvalue weighted by Crippen LogP contribution is 2.16. The summed E-state index contributed by atoms with van der Waals surface area (Å²) in [6.45, 7) is 6.34. The molecule has 77 heavy (non-hydrogen) atoms. The fourth-order valence-electron chi connectivity index (χ4n) is 8.70. The van der Waals surface area contributed by atoms with Crippen LogP contribution in [0, 0.1) is 0 Å². The van der Waals surface area contributed by atoms with Crippen LogP contribution in [0.15, 0.2) is 122 Å². The van der Waals surface area contributed by atoms with Crippen molar-refractivity contribution in [2.45, 2.75) is 297 Å². The van der Waals surface area contributed by atoms with Crippen molar-refractivity contribution in [2.75, 3.05) is 13.2 Å². The molecular formula is C71H118O6. The van der Waals surface area contributed by atoms with Crippen molar-refractivity contribution in [3.05, 3.63) is 122 Å². The predicted molar refractivity (Wildman–Crippen MR) is 334 cm³/mol. The molecule has 1 unspecified atom stereocenters. The van der Waals surface area contributed by atoms with E-state index in [1.165, 1.54) is 135 Å². The van der Waals surface area contributed by atoms with Crippen LogP contribution in [0.3, 0.4) is 0 Å². The fourth-order valence-corrected chi connectivity index (χ4v) is 8.70. The van der Waals surface area contributed by atoms with Crippen LogP contribution in [0.25, 0.3) is 0 Å². The molecular weight excluding hydrogens is 949 g/mol. The van der Waals surface area contributed by atoms with Gasteiger partial charge in [0.2, 0.25) is 0 Å². The zero-order chi connectivity index (χ0) is 55.7. The van der Waals surface area contributed by atoms with Gasteiger partial charge in [0.15, 0.2) is 6.10 Å². The highest BCUT2D eigenvalue weighted by atomic mass is 16.6. The van der Waals surface area contributed by atoms with Crippen molar-refractivity contribution in [3.8, 4) is 0 Å². The molecule has 0 aromatic carbocycles. The summed E-state index contributed by atoms with van der Waals surface area (Å²) in [6.07, 6.45) is 89.5. The number of allylic oxidation sites excluding steroid dienone is 20. The SMILES string of the molecule is CC/C=C\C/C=C\C/C=C\C/C=C\C/C=C\CCCC(=O)OC(COC(=O)CCCCC/C=C\C/C=C\C/C=C\CC)COC(=O)CCCCCCCCCCCCCCCCCCC/C=C\C/C=C\CCCCCCC. The van der Waals surface area contributed by atoms with E-state index in [1.54, 1.807) is 0 Å². The van der Waals surface area contributed by atoms with E-state index < -0.39 is 6.10 Å². The van der Waals surface area contributed by atoms with E-state index in [2.05, 4.69) is 142 Å². The molecule has 6 nitrogen and oxygen atoms in total. The molecule has 0 bridgehead atoms. The van der Waals surface area contributed by atoms with Gasteiger partial charge < -0.3 is 14.2 Å². The van der Waals surface area contributed by atoms with Crippen molar-refractivity contribution in [3.63, 3.8) is 0 Å². The molecule has 0 aromatic rings. The number of unbranched alkanes of at least 4 members (excludes halogenated alkanes) is 26. The van der Waals surface area contributed by atoms with Crippen LogP contribution in [0.1, 0.15) is 290 Å². The number of hydrogen-bond acceptors (Lipinski definition) is 6. The largest absolute Gasteiger partial charge is 0.462 e. The van der Waals surface area contributed by atoms with Crippen molar-refractivity contribution in [1.29, 1.82) is 0 Å². The van der Waals surface area contributed by atoms with Crippen LogP contribution < -0.4 is 0 Å². The zero-order valence-electron chi connectivity index (χ0n) is 50.2. The Balaban J connectivity index is 4.30. The number of carbonyl (C=O) groups is 3. The topological polar surface area (TPSA) is 78.9 Å². The Morgan fingerprint density at radius 3 is 0.844 bits per heavy atom. The zero-order valence-corrected chi connectivity index (χ0v) is 50.2. The first-order chi connectivity index (χ1) is 38.0. The minimum atomic E-state index is -0.823. The number of ether oxygens (including phenoxy) is 3. The summed E-state index contributed by atoms with van der Waals surface area (Å²) in [7, 11) is 0. The lowest BCUT2D eigenvalue weighted by molar-refractivity contribution is -0.167. The van der Waals surface area contributed by atoms with E-state index in [-0.39, 0.29) is 37.5 Å². The van der Waals surface area contributed by atoms with Gasteiger partial charge in [-0.3, -0.25) is 14.4 Å². The van der Waals surface area contributed by atoms with E-state index in [4.69, 9.17) is 14.2 Å². The summed E-state index contributed by atoms with van der Waals surface area (Å²) >= 11 is 0. The molecule has 0 heterocycles. The summed E-state index contributed by atoms with van der Waals surface area (Å²) < 4.78 is 16.8. The number of carbonyl (C=O) groups excluding carboxylic acids is 3. The molecule has 1 atom stereocenters. The maximum atomic E-state index is 12.9.